The molecule has 8 heteroatoms. The Hall–Kier alpha value is -3.16. The van der Waals surface area contributed by atoms with Gasteiger partial charge in [-0.05, 0) is 12.0 Å². The maximum atomic E-state index is 12.7. The summed E-state index contributed by atoms with van der Waals surface area (Å²) in [6.45, 7) is 1.71. The van der Waals surface area contributed by atoms with Crippen molar-refractivity contribution < 1.29 is 4.79 Å². The van der Waals surface area contributed by atoms with E-state index in [1.165, 1.54) is 17.9 Å². The number of fused-ring (bicyclic) bond motifs is 1. The fourth-order valence-electron chi connectivity index (χ4n) is 3.22. The Kier molecular flexibility index (Phi) is 5.25. The summed E-state index contributed by atoms with van der Waals surface area (Å²) in [6.07, 6.45) is 3.13. The second-order valence-electron chi connectivity index (χ2n) is 6.58. The van der Waals surface area contributed by atoms with Gasteiger partial charge in [0.1, 0.15) is 6.54 Å². The van der Waals surface area contributed by atoms with Crippen LogP contribution in [0.3, 0.4) is 0 Å². The van der Waals surface area contributed by atoms with E-state index in [-0.39, 0.29) is 24.0 Å². The first-order valence-corrected chi connectivity index (χ1v) is 8.89. The first-order chi connectivity index (χ1) is 12.9. The molecule has 0 fully saturated rings. The van der Waals surface area contributed by atoms with E-state index < -0.39 is 11.2 Å². The summed E-state index contributed by atoms with van der Waals surface area (Å²) in [7, 11) is 3.22. The van der Waals surface area contributed by atoms with Gasteiger partial charge in [-0.3, -0.25) is 14.2 Å². The normalized spacial score (nSPS) is 12.3. The Morgan fingerprint density at radius 3 is 2.56 bits per heavy atom. The molecule has 142 valence electrons. The number of aryl methyl sites for hydroxylation is 2. The smallest absolute Gasteiger partial charge is 0.332 e. The minimum Gasteiger partial charge on any atom is -0.348 e. The summed E-state index contributed by atoms with van der Waals surface area (Å²) in [5, 5.41) is 2.94. The van der Waals surface area contributed by atoms with Crippen LogP contribution in [-0.4, -0.2) is 24.6 Å². The summed E-state index contributed by atoms with van der Waals surface area (Å²) < 4.78 is 3.79. The van der Waals surface area contributed by atoms with Gasteiger partial charge in [0.15, 0.2) is 11.2 Å². The number of aromatic nitrogens is 4. The molecule has 8 nitrogen and oxygen atoms in total. The number of hydrogen-bond donors (Lipinski definition) is 1. The zero-order valence-electron chi connectivity index (χ0n) is 15.7. The zero-order chi connectivity index (χ0) is 19.6. The van der Waals surface area contributed by atoms with E-state index in [0.717, 1.165) is 23.0 Å². The van der Waals surface area contributed by atoms with Crippen molar-refractivity contribution in [1.82, 2.24) is 24.0 Å². The topological polar surface area (TPSA) is 90.9 Å². The lowest BCUT2D eigenvalue weighted by Gasteiger charge is -2.19. The average Bonchev–Trinajstić information content (AvgIpc) is 3.05. The molecule has 1 aromatic carbocycles. The Morgan fingerprint density at radius 2 is 1.89 bits per heavy atom. The summed E-state index contributed by atoms with van der Waals surface area (Å²) in [5.74, 6) is -0.377. The van der Waals surface area contributed by atoms with E-state index in [0.29, 0.717) is 5.65 Å². The van der Waals surface area contributed by atoms with Gasteiger partial charge in [-0.25, -0.2) is 14.3 Å². The molecular weight excluding hydrogens is 346 g/mol. The predicted molar refractivity (Wildman–Crippen MR) is 102 cm³/mol. The van der Waals surface area contributed by atoms with Gasteiger partial charge >= 0.3 is 5.69 Å². The van der Waals surface area contributed by atoms with Gasteiger partial charge in [0.05, 0.1) is 12.4 Å². The van der Waals surface area contributed by atoms with E-state index in [9.17, 15) is 14.4 Å². The molecule has 0 bridgehead atoms. The first-order valence-electron chi connectivity index (χ1n) is 8.89. The maximum absolute atomic E-state index is 12.7. The molecule has 0 aliphatic carbocycles. The number of hydrogen-bond acceptors (Lipinski definition) is 4. The average molecular weight is 369 g/mol. The van der Waals surface area contributed by atoms with Crippen molar-refractivity contribution in [3.8, 4) is 0 Å². The quantitative estimate of drug-likeness (QED) is 0.704. The monoisotopic (exact) mass is 369 g/mol. The van der Waals surface area contributed by atoms with E-state index in [1.807, 2.05) is 37.3 Å². The van der Waals surface area contributed by atoms with Crippen LogP contribution in [0.4, 0.5) is 0 Å². The van der Waals surface area contributed by atoms with E-state index in [2.05, 4.69) is 10.3 Å². The summed E-state index contributed by atoms with van der Waals surface area (Å²) in [4.78, 5) is 41.9. The van der Waals surface area contributed by atoms with Crippen LogP contribution in [-0.2, 0) is 25.4 Å². The fourth-order valence-corrected chi connectivity index (χ4v) is 3.22. The van der Waals surface area contributed by atoms with Gasteiger partial charge in [0.25, 0.3) is 5.56 Å². The molecule has 3 rings (SSSR count). The lowest BCUT2D eigenvalue weighted by Crippen LogP contribution is -2.44. The standard InChI is InChI=1S/C19H23N5O3/c1-4-8-14(13-9-6-5-7-10-13)21-15(25)11-24-18(26)16-17(20-12-22(16)2)23(3)19(24)27/h5-7,9-10,12,14H,4,8,11H2,1-3H3,(H,21,25). The molecule has 0 radical (unpaired) electrons. The zero-order valence-corrected chi connectivity index (χ0v) is 15.7. The molecule has 2 aromatic heterocycles. The number of nitrogens with one attached hydrogen (secondary N) is 1. The van der Waals surface area contributed by atoms with Crippen molar-refractivity contribution in [1.29, 1.82) is 0 Å². The lowest BCUT2D eigenvalue weighted by atomic mass is 10.0. The van der Waals surface area contributed by atoms with Gasteiger partial charge in [-0.2, -0.15) is 0 Å². The van der Waals surface area contributed by atoms with Gasteiger partial charge < -0.3 is 9.88 Å². The van der Waals surface area contributed by atoms with E-state index >= 15 is 0 Å². The van der Waals surface area contributed by atoms with Crippen LogP contribution in [0.2, 0.25) is 0 Å². The van der Waals surface area contributed by atoms with Crippen LogP contribution >= 0.6 is 0 Å². The predicted octanol–water partition coefficient (Wildman–Crippen LogP) is 1.09. The first kappa shape index (κ1) is 18.6. The van der Waals surface area contributed by atoms with Crippen LogP contribution in [0.25, 0.3) is 11.2 Å². The number of benzene rings is 1. The molecule has 0 saturated heterocycles. The van der Waals surface area contributed by atoms with Crippen molar-refractivity contribution in [2.75, 3.05) is 0 Å². The molecular formula is C19H23N5O3. The van der Waals surface area contributed by atoms with Crippen molar-refractivity contribution in [2.45, 2.75) is 32.4 Å². The molecule has 1 N–H and O–H groups in total. The molecule has 3 aromatic rings. The lowest BCUT2D eigenvalue weighted by molar-refractivity contribution is -0.122. The highest BCUT2D eigenvalue weighted by molar-refractivity contribution is 5.77. The van der Waals surface area contributed by atoms with E-state index in [4.69, 9.17) is 0 Å². The number of nitrogens with zero attached hydrogens (tertiary/aromatic N) is 4. The minimum absolute atomic E-state index is 0.163. The highest BCUT2D eigenvalue weighted by Gasteiger charge is 2.19. The number of carbonyl (C=O) groups excluding carboxylic acids is 1. The number of imidazole rings is 1. The SMILES string of the molecule is CCCC(NC(=O)Cn1c(=O)c2c(ncn2C)n(C)c1=O)c1ccccc1. The van der Waals surface area contributed by atoms with Gasteiger partial charge in [0, 0.05) is 14.1 Å². The van der Waals surface area contributed by atoms with E-state index in [1.54, 1.807) is 11.6 Å². The summed E-state index contributed by atoms with van der Waals surface area (Å²) >= 11 is 0. The highest BCUT2D eigenvalue weighted by atomic mass is 16.2. The molecule has 2 heterocycles. The minimum atomic E-state index is -0.562. The molecule has 0 aliphatic rings. The highest BCUT2D eigenvalue weighted by Crippen LogP contribution is 2.17. The molecule has 1 atom stereocenters. The Labute approximate surface area is 156 Å². The van der Waals surface area contributed by atoms with Crippen LogP contribution in [0, 0.1) is 0 Å². The molecule has 27 heavy (non-hydrogen) atoms. The Bertz CT molecular complexity index is 1080. The van der Waals surface area contributed by atoms with Gasteiger partial charge in [0.2, 0.25) is 5.91 Å². The molecule has 0 aliphatic heterocycles. The van der Waals surface area contributed by atoms with Crippen LogP contribution in [0.15, 0.2) is 46.2 Å². The van der Waals surface area contributed by atoms with Crippen LogP contribution in [0.5, 0.6) is 0 Å². The molecule has 0 saturated carbocycles. The summed E-state index contributed by atoms with van der Waals surface area (Å²) in [5.41, 5.74) is 0.508. The number of rotatable bonds is 6. The second-order valence-corrected chi connectivity index (χ2v) is 6.58. The molecule has 1 amide bonds. The maximum Gasteiger partial charge on any atom is 0.332 e. The molecule has 1 unspecified atom stereocenters. The fraction of sp³-hybridized carbons (Fsp3) is 0.368. The number of amides is 1. The number of carbonyl (C=O) groups is 1. The Morgan fingerprint density at radius 1 is 1.19 bits per heavy atom. The molecule has 0 spiro atoms. The van der Waals surface area contributed by atoms with Gasteiger partial charge in [-0.15, -0.1) is 0 Å². The van der Waals surface area contributed by atoms with Crippen LogP contribution in [0.1, 0.15) is 31.4 Å². The summed E-state index contributed by atoms with van der Waals surface area (Å²) in [6, 6.07) is 9.49. The van der Waals surface area contributed by atoms with Crippen LogP contribution < -0.4 is 16.6 Å². The van der Waals surface area contributed by atoms with Crippen molar-refractivity contribution in [3.63, 3.8) is 0 Å². The second kappa shape index (κ2) is 7.61. The van der Waals surface area contributed by atoms with Crippen molar-refractivity contribution in [3.05, 3.63) is 63.1 Å². The van der Waals surface area contributed by atoms with Crippen molar-refractivity contribution >= 4 is 17.1 Å². The third-order valence-electron chi connectivity index (χ3n) is 4.62. The Balaban J connectivity index is 1.91. The third kappa shape index (κ3) is 3.55. The third-order valence-corrected chi connectivity index (χ3v) is 4.62. The largest absolute Gasteiger partial charge is 0.348 e. The van der Waals surface area contributed by atoms with Gasteiger partial charge in [-0.1, -0.05) is 43.7 Å². The van der Waals surface area contributed by atoms with Crippen molar-refractivity contribution in [2.24, 2.45) is 14.1 Å².